The smallest absolute Gasteiger partial charge is 0.229 e. The van der Waals surface area contributed by atoms with Crippen molar-refractivity contribution in [3.05, 3.63) is 42.4 Å². The summed E-state index contributed by atoms with van der Waals surface area (Å²) in [7, 11) is 1.82. The summed E-state index contributed by atoms with van der Waals surface area (Å²) in [5, 5.41) is 9.14. The molecule has 1 aromatic heterocycles. The van der Waals surface area contributed by atoms with Crippen LogP contribution in [0.25, 0.3) is 0 Å². The van der Waals surface area contributed by atoms with Crippen molar-refractivity contribution in [3.8, 4) is 11.6 Å². The molecule has 0 unspecified atom stereocenters. The first-order valence-corrected chi connectivity index (χ1v) is 4.65. The summed E-state index contributed by atoms with van der Waals surface area (Å²) in [5.41, 5.74) is 0. The van der Waals surface area contributed by atoms with Crippen molar-refractivity contribution in [1.29, 1.82) is 0 Å². The maximum absolute atomic E-state index is 9.14. The summed E-state index contributed by atoms with van der Waals surface area (Å²) in [6, 6.07) is 9.50. The molecule has 4 nitrogen and oxygen atoms in total. The van der Waals surface area contributed by atoms with Crippen molar-refractivity contribution in [2.24, 2.45) is 7.05 Å². The van der Waals surface area contributed by atoms with E-state index in [0.29, 0.717) is 12.4 Å². The van der Waals surface area contributed by atoms with Gasteiger partial charge in [0.05, 0.1) is 6.20 Å². The lowest BCUT2D eigenvalue weighted by atomic mass is 10.3. The van der Waals surface area contributed by atoms with Gasteiger partial charge in [0.15, 0.2) is 5.82 Å². The molecular formula is C11H12N2O2. The van der Waals surface area contributed by atoms with Gasteiger partial charge in [0.2, 0.25) is 5.88 Å². The van der Waals surface area contributed by atoms with Gasteiger partial charge < -0.3 is 14.4 Å². The number of aromatic hydroxyl groups is 1. The minimum Gasteiger partial charge on any atom is -0.492 e. The summed E-state index contributed by atoms with van der Waals surface area (Å²) in [6.07, 6.45) is 1.55. The van der Waals surface area contributed by atoms with Crippen LogP contribution in [0.15, 0.2) is 36.5 Å². The maximum atomic E-state index is 9.14. The van der Waals surface area contributed by atoms with Crippen molar-refractivity contribution in [2.75, 3.05) is 0 Å². The van der Waals surface area contributed by atoms with Gasteiger partial charge in [-0.05, 0) is 12.1 Å². The molecule has 15 heavy (non-hydrogen) atoms. The summed E-state index contributed by atoms with van der Waals surface area (Å²) in [5.74, 6) is 1.50. The third kappa shape index (κ3) is 2.28. The lowest BCUT2D eigenvalue weighted by Gasteiger charge is -2.04. The number of hydrogen-bond donors (Lipinski definition) is 1. The Hall–Kier alpha value is -1.97. The van der Waals surface area contributed by atoms with Crippen LogP contribution in [0.2, 0.25) is 0 Å². The monoisotopic (exact) mass is 204 g/mol. The van der Waals surface area contributed by atoms with Crippen LogP contribution in [0.3, 0.4) is 0 Å². The van der Waals surface area contributed by atoms with Gasteiger partial charge in [-0.3, -0.25) is 0 Å². The average Bonchev–Trinajstić information content (AvgIpc) is 2.56. The van der Waals surface area contributed by atoms with Crippen molar-refractivity contribution < 1.29 is 9.84 Å². The van der Waals surface area contributed by atoms with Crippen LogP contribution in [-0.2, 0) is 13.7 Å². The quantitative estimate of drug-likeness (QED) is 0.827. The molecule has 2 aromatic rings. The third-order valence-corrected chi connectivity index (χ3v) is 2.07. The molecular weight excluding hydrogens is 192 g/mol. The molecule has 2 rings (SSSR count). The second kappa shape index (κ2) is 4.04. The predicted molar refractivity (Wildman–Crippen MR) is 55.6 cm³/mol. The van der Waals surface area contributed by atoms with E-state index in [2.05, 4.69) is 4.98 Å². The molecule has 0 amide bonds. The highest BCUT2D eigenvalue weighted by Crippen LogP contribution is 2.12. The largest absolute Gasteiger partial charge is 0.492 e. The van der Waals surface area contributed by atoms with Crippen LogP contribution in [0.1, 0.15) is 5.82 Å². The van der Waals surface area contributed by atoms with E-state index >= 15 is 0 Å². The van der Waals surface area contributed by atoms with Crippen LogP contribution in [0.5, 0.6) is 11.6 Å². The molecule has 4 heteroatoms. The number of ether oxygens (including phenoxy) is 1. The minimum atomic E-state index is 0.0177. The highest BCUT2D eigenvalue weighted by atomic mass is 16.5. The Kier molecular flexibility index (Phi) is 2.58. The number of imidazole rings is 1. The van der Waals surface area contributed by atoms with Crippen molar-refractivity contribution in [2.45, 2.75) is 6.61 Å². The molecule has 0 atom stereocenters. The Balaban J connectivity index is 2.02. The first kappa shape index (κ1) is 9.58. The fourth-order valence-corrected chi connectivity index (χ4v) is 1.29. The van der Waals surface area contributed by atoms with E-state index in [4.69, 9.17) is 9.84 Å². The maximum Gasteiger partial charge on any atom is 0.229 e. The summed E-state index contributed by atoms with van der Waals surface area (Å²) >= 11 is 0. The lowest BCUT2D eigenvalue weighted by molar-refractivity contribution is 0.291. The SMILES string of the molecule is Cn1cc(O)nc1COc1ccccc1. The van der Waals surface area contributed by atoms with E-state index in [1.54, 1.807) is 10.8 Å². The van der Waals surface area contributed by atoms with Crippen molar-refractivity contribution in [1.82, 2.24) is 9.55 Å². The van der Waals surface area contributed by atoms with E-state index in [9.17, 15) is 0 Å². The highest BCUT2D eigenvalue weighted by molar-refractivity contribution is 5.21. The molecule has 0 fully saturated rings. The Morgan fingerprint density at radius 2 is 2.07 bits per heavy atom. The predicted octanol–water partition coefficient (Wildman–Crippen LogP) is 1.70. The normalized spacial score (nSPS) is 10.2. The molecule has 0 bridgehead atoms. The van der Waals surface area contributed by atoms with Gasteiger partial charge in [-0.15, -0.1) is 0 Å². The molecule has 78 valence electrons. The van der Waals surface area contributed by atoms with Crippen molar-refractivity contribution in [3.63, 3.8) is 0 Å². The zero-order valence-electron chi connectivity index (χ0n) is 8.42. The summed E-state index contributed by atoms with van der Waals surface area (Å²) in [4.78, 5) is 3.92. The summed E-state index contributed by atoms with van der Waals surface area (Å²) < 4.78 is 7.23. The van der Waals surface area contributed by atoms with Gasteiger partial charge in [-0.25, -0.2) is 0 Å². The van der Waals surface area contributed by atoms with Crippen LogP contribution in [-0.4, -0.2) is 14.7 Å². The second-order valence-corrected chi connectivity index (χ2v) is 3.23. The van der Waals surface area contributed by atoms with E-state index in [1.165, 1.54) is 0 Å². The molecule has 0 radical (unpaired) electrons. The number of rotatable bonds is 3. The van der Waals surface area contributed by atoms with Crippen LogP contribution >= 0.6 is 0 Å². The molecule has 0 saturated carbocycles. The molecule has 1 heterocycles. The zero-order chi connectivity index (χ0) is 10.7. The van der Waals surface area contributed by atoms with Crippen LogP contribution < -0.4 is 4.74 Å². The number of aromatic nitrogens is 2. The number of nitrogens with zero attached hydrogens (tertiary/aromatic N) is 2. The Morgan fingerprint density at radius 3 is 2.67 bits per heavy atom. The van der Waals surface area contributed by atoms with Gasteiger partial charge in [0.25, 0.3) is 0 Å². The third-order valence-electron chi connectivity index (χ3n) is 2.07. The molecule has 0 aliphatic heterocycles. The Labute approximate surface area is 87.8 Å². The zero-order valence-corrected chi connectivity index (χ0v) is 8.42. The number of para-hydroxylation sites is 1. The van der Waals surface area contributed by atoms with Gasteiger partial charge >= 0.3 is 0 Å². The molecule has 0 aliphatic rings. The van der Waals surface area contributed by atoms with Crippen LogP contribution in [0, 0.1) is 0 Å². The first-order chi connectivity index (χ1) is 7.25. The topological polar surface area (TPSA) is 47.3 Å². The molecule has 0 saturated heterocycles. The molecule has 1 N–H and O–H groups in total. The number of benzene rings is 1. The van der Waals surface area contributed by atoms with Gasteiger partial charge in [0, 0.05) is 7.05 Å². The number of aryl methyl sites for hydroxylation is 1. The highest BCUT2D eigenvalue weighted by Gasteiger charge is 2.04. The Morgan fingerprint density at radius 1 is 1.33 bits per heavy atom. The van der Waals surface area contributed by atoms with Gasteiger partial charge in [-0.1, -0.05) is 18.2 Å². The molecule has 1 aromatic carbocycles. The average molecular weight is 204 g/mol. The fraction of sp³-hybridized carbons (Fsp3) is 0.182. The lowest BCUT2D eigenvalue weighted by Crippen LogP contribution is -2.02. The molecule has 0 aliphatic carbocycles. The van der Waals surface area contributed by atoms with E-state index < -0.39 is 0 Å². The van der Waals surface area contributed by atoms with E-state index in [0.717, 1.165) is 5.75 Å². The van der Waals surface area contributed by atoms with Crippen LogP contribution in [0.4, 0.5) is 0 Å². The van der Waals surface area contributed by atoms with Crippen molar-refractivity contribution >= 4 is 0 Å². The number of hydrogen-bond acceptors (Lipinski definition) is 3. The summed E-state index contributed by atoms with van der Waals surface area (Å²) in [6.45, 7) is 0.348. The van der Waals surface area contributed by atoms with Gasteiger partial charge in [-0.2, -0.15) is 4.98 Å². The van der Waals surface area contributed by atoms with E-state index in [1.807, 2.05) is 37.4 Å². The Bertz CT molecular complexity index is 437. The fourth-order valence-electron chi connectivity index (χ4n) is 1.29. The second-order valence-electron chi connectivity index (χ2n) is 3.23. The minimum absolute atomic E-state index is 0.0177. The van der Waals surface area contributed by atoms with Gasteiger partial charge in [0.1, 0.15) is 12.4 Å². The first-order valence-electron chi connectivity index (χ1n) is 4.65. The molecule has 0 spiro atoms. The van der Waals surface area contributed by atoms with E-state index in [-0.39, 0.29) is 5.88 Å². The standard InChI is InChI=1S/C11H12N2O2/c1-13-7-11(14)12-10(13)8-15-9-5-3-2-4-6-9/h2-7,14H,8H2,1H3.